The van der Waals surface area contributed by atoms with Crippen LogP contribution in [0, 0.1) is 23.7 Å². The Morgan fingerprint density at radius 2 is 0.761 bits per heavy atom. The monoisotopic (exact) mass is 742 g/mol. The van der Waals surface area contributed by atoms with Crippen molar-refractivity contribution in [3.8, 4) is 0 Å². The molecule has 0 radical (unpaired) electrons. The van der Waals surface area contributed by atoms with Gasteiger partial charge in [-0.25, -0.2) is 0 Å². The fourth-order valence-electron chi connectivity index (χ4n) is 8.68. The van der Waals surface area contributed by atoms with Gasteiger partial charge in [0.15, 0.2) is 0 Å². The smallest absolute Gasteiger partial charge is 0.261 e. The van der Waals surface area contributed by atoms with Crippen LogP contribution < -0.4 is 0 Å². The quantitative estimate of drug-likeness (QED) is 0.0986. The third-order valence-corrected chi connectivity index (χ3v) is 11.4. The van der Waals surface area contributed by atoms with Gasteiger partial charge in [-0.05, 0) is 64.1 Å². The number of hydrogen-bond acceptors (Lipinski definition) is 4. The normalized spacial score (nSPS) is 15.6. The molecule has 2 aliphatic heterocycles. The van der Waals surface area contributed by atoms with Crippen LogP contribution in [-0.4, -0.2) is 45.5 Å². The summed E-state index contributed by atoms with van der Waals surface area (Å²) in [6.07, 6.45) is 0. The van der Waals surface area contributed by atoms with Crippen LogP contribution in [0.1, 0.15) is 96.8 Å². The van der Waals surface area contributed by atoms with Crippen LogP contribution in [0.2, 0.25) is 0 Å². The van der Waals surface area contributed by atoms with Crippen LogP contribution in [-0.2, 0) is 0 Å². The Bertz CT molecular complexity index is 2060. The first-order valence-corrected chi connectivity index (χ1v) is 17.6. The average Bonchev–Trinajstić information content (AvgIpc) is 2.97. The molecule has 0 unspecified atom stereocenters. The molecule has 0 atom stereocenters. The maximum absolute atomic E-state index is 14.2. The number of hydrogen-bond donors (Lipinski definition) is 0. The molecule has 5 aromatic rings. The summed E-state index contributed by atoms with van der Waals surface area (Å²) in [5.41, 5.74) is 2.00. The van der Waals surface area contributed by atoms with Crippen molar-refractivity contribution in [3.05, 3.63) is 67.6 Å². The van der Waals surface area contributed by atoms with E-state index >= 15 is 0 Å². The zero-order valence-electron chi connectivity index (χ0n) is 27.2. The molecular weight excluding hydrogens is 708 g/mol. The fraction of sp³-hybridized carbons (Fsp3) is 0.368. The summed E-state index contributed by atoms with van der Waals surface area (Å²) in [6.45, 7) is 16.4. The molecule has 8 heteroatoms. The maximum atomic E-state index is 14.2. The minimum Gasteiger partial charge on any atom is -0.271 e. The summed E-state index contributed by atoms with van der Waals surface area (Å²) in [7, 11) is 0. The van der Waals surface area contributed by atoms with Crippen molar-refractivity contribution in [2.75, 3.05) is 0 Å². The second-order valence-corrected chi connectivity index (χ2v) is 16.0. The summed E-state index contributed by atoms with van der Waals surface area (Å²) in [6, 6.07) is 10.8. The predicted molar refractivity (Wildman–Crippen MR) is 191 cm³/mol. The standard InChI is InChI=1S/C38H36Br2N2O4/c1-15(2)33(16(3)4)41-35(43)21-11-9-19-27-20(10-12-22(28(21)27)36(41)44)31-26(40)14-24-29-23(13-25(39)30(19)32(29)31)37(45)42(38(24)46)34(17(5)6)18(7)8/h9-18,33-34H,1-8H3. The molecule has 2 heterocycles. The van der Waals surface area contributed by atoms with Crippen molar-refractivity contribution in [2.24, 2.45) is 23.7 Å². The minimum atomic E-state index is -0.289. The van der Waals surface area contributed by atoms with E-state index in [-0.39, 0.29) is 59.4 Å². The van der Waals surface area contributed by atoms with Crippen molar-refractivity contribution in [1.82, 2.24) is 9.80 Å². The summed E-state index contributed by atoms with van der Waals surface area (Å²) in [4.78, 5) is 59.7. The van der Waals surface area contributed by atoms with E-state index in [1.54, 1.807) is 0 Å². The zero-order valence-corrected chi connectivity index (χ0v) is 30.4. The average molecular weight is 745 g/mol. The van der Waals surface area contributed by atoms with Crippen molar-refractivity contribution in [3.63, 3.8) is 0 Å². The van der Waals surface area contributed by atoms with Gasteiger partial charge in [-0.3, -0.25) is 29.0 Å². The van der Waals surface area contributed by atoms with Crippen molar-refractivity contribution < 1.29 is 19.2 Å². The molecule has 0 N–H and O–H groups in total. The number of nitrogens with zero attached hydrogens (tertiary/aromatic N) is 2. The van der Waals surface area contributed by atoms with E-state index in [1.165, 1.54) is 9.80 Å². The van der Waals surface area contributed by atoms with Gasteiger partial charge in [0.05, 0.1) is 0 Å². The number of carbonyl (C=O) groups excluding carboxylic acids is 4. The van der Waals surface area contributed by atoms with Gasteiger partial charge >= 0.3 is 0 Å². The van der Waals surface area contributed by atoms with Crippen LogP contribution in [0.4, 0.5) is 0 Å². The number of rotatable bonds is 6. The number of imide groups is 2. The summed E-state index contributed by atoms with van der Waals surface area (Å²) in [5.74, 6) is -0.772. The molecule has 0 saturated heterocycles. The van der Waals surface area contributed by atoms with Crippen LogP contribution in [0.25, 0.3) is 43.1 Å². The molecule has 0 saturated carbocycles. The lowest BCUT2D eigenvalue weighted by atomic mass is 9.80. The van der Waals surface area contributed by atoms with Crippen molar-refractivity contribution >= 4 is 98.6 Å². The number of amides is 4. The first kappa shape index (κ1) is 31.3. The SMILES string of the molecule is CC(C)C(C(C)C)N1C(=O)c2ccc3c4c(Br)cc5c6c(cc(Br)c(c7ccc(c2c37)C1=O)c64)C(=O)N(C(C(C)C)C(C)C)C5=O. The first-order chi connectivity index (χ1) is 21.7. The molecule has 2 aliphatic rings. The van der Waals surface area contributed by atoms with E-state index < -0.39 is 0 Å². The van der Waals surface area contributed by atoms with Crippen molar-refractivity contribution in [1.29, 1.82) is 0 Å². The fourth-order valence-corrected chi connectivity index (χ4v) is 9.96. The molecule has 0 spiro atoms. The molecule has 0 aliphatic carbocycles. The Balaban J connectivity index is 1.58. The highest BCUT2D eigenvalue weighted by molar-refractivity contribution is 9.11. The highest BCUT2D eigenvalue weighted by atomic mass is 79.9. The lowest BCUT2D eigenvalue weighted by molar-refractivity contribution is 0.0423. The third kappa shape index (κ3) is 3.98. The van der Waals surface area contributed by atoms with Gasteiger partial charge < -0.3 is 0 Å². The summed E-state index contributed by atoms with van der Waals surface area (Å²) < 4.78 is 1.43. The van der Waals surface area contributed by atoms with Gasteiger partial charge in [0, 0.05) is 70.2 Å². The molecule has 0 fully saturated rings. The Morgan fingerprint density at radius 1 is 0.435 bits per heavy atom. The molecule has 46 heavy (non-hydrogen) atoms. The number of halogens is 2. The highest BCUT2D eigenvalue weighted by Gasteiger charge is 2.43. The van der Waals surface area contributed by atoms with E-state index in [9.17, 15) is 19.2 Å². The van der Waals surface area contributed by atoms with E-state index in [0.717, 1.165) is 41.3 Å². The zero-order chi connectivity index (χ0) is 33.3. The number of carbonyl (C=O) groups is 4. The highest BCUT2D eigenvalue weighted by Crippen LogP contribution is 2.51. The summed E-state index contributed by atoms with van der Waals surface area (Å²) >= 11 is 7.65. The third-order valence-electron chi connectivity index (χ3n) is 10.1. The topological polar surface area (TPSA) is 74.8 Å². The number of benzene rings is 5. The van der Waals surface area contributed by atoms with Gasteiger partial charge in [0.2, 0.25) is 0 Å². The van der Waals surface area contributed by atoms with Gasteiger partial charge in [0.25, 0.3) is 23.6 Å². The Morgan fingerprint density at radius 3 is 1.11 bits per heavy atom. The predicted octanol–water partition coefficient (Wildman–Crippen LogP) is 9.82. The first-order valence-electron chi connectivity index (χ1n) is 16.0. The lowest BCUT2D eigenvalue weighted by Gasteiger charge is -2.39. The van der Waals surface area contributed by atoms with Crippen LogP contribution in [0.5, 0.6) is 0 Å². The van der Waals surface area contributed by atoms with E-state index in [4.69, 9.17) is 0 Å². The Kier molecular flexibility index (Phi) is 7.18. The molecule has 7 rings (SSSR count). The van der Waals surface area contributed by atoms with Crippen LogP contribution >= 0.6 is 31.9 Å². The van der Waals surface area contributed by atoms with Gasteiger partial charge in [-0.15, -0.1) is 0 Å². The van der Waals surface area contributed by atoms with E-state index in [1.807, 2.05) is 91.8 Å². The molecule has 4 amide bonds. The number of fused-ring (bicyclic) bond motifs is 2. The summed E-state index contributed by atoms with van der Waals surface area (Å²) in [5, 5.41) is 6.33. The Hall–Kier alpha value is -3.36. The molecule has 5 aromatic carbocycles. The van der Waals surface area contributed by atoms with Crippen LogP contribution in [0.15, 0.2) is 45.3 Å². The van der Waals surface area contributed by atoms with Crippen molar-refractivity contribution in [2.45, 2.75) is 67.5 Å². The lowest BCUT2D eigenvalue weighted by Crippen LogP contribution is -2.51. The Labute approximate surface area is 285 Å². The second kappa shape index (κ2) is 10.6. The van der Waals surface area contributed by atoms with E-state index in [0.29, 0.717) is 33.0 Å². The molecule has 0 aromatic heterocycles. The van der Waals surface area contributed by atoms with Gasteiger partial charge in [-0.1, -0.05) is 99.4 Å². The maximum Gasteiger partial charge on any atom is 0.261 e. The molecular formula is C38H36Br2N2O4. The second-order valence-electron chi connectivity index (χ2n) is 14.3. The van der Waals surface area contributed by atoms with E-state index in [2.05, 4.69) is 31.9 Å². The van der Waals surface area contributed by atoms with Gasteiger partial charge in [-0.2, -0.15) is 0 Å². The molecule has 6 nitrogen and oxygen atoms in total. The minimum absolute atomic E-state index is 0.0818. The largest absolute Gasteiger partial charge is 0.271 e. The molecule has 0 bridgehead atoms. The van der Waals surface area contributed by atoms with Crippen LogP contribution in [0.3, 0.4) is 0 Å². The van der Waals surface area contributed by atoms with Gasteiger partial charge in [0.1, 0.15) is 0 Å². The molecule has 236 valence electrons.